The monoisotopic (exact) mass is 323 g/mol. The molecule has 0 bridgehead atoms. The number of hydrogen-bond donors (Lipinski definition) is 0. The van der Waals surface area contributed by atoms with Gasteiger partial charge >= 0.3 is 0 Å². The van der Waals surface area contributed by atoms with Gasteiger partial charge in [-0.05, 0) is 30.3 Å². The normalized spacial score (nSPS) is 9.94. The van der Waals surface area contributed by atoms with Crippen LogP contribution in [0.4, 0.5) is 0 Å². The summed E-state index contributed by atoms with van der Waals surface area (Å²) in [6, 6.07) is 15.4. The van der Waals surface area contributed by atoms with Crippen molar-refractivity contribution in [3.05, 3.63) is 57.5 Å². The Kier molecular flexibility index (Phi) is 4.11. The topological polar surface area (TPSA) is 23.8 Å². The third-order valence-corrected chi connectivity index (χ3v) is 4.21. The summed E-state index contributed by atoms with van der Waals surface area (Å²) in [5.74, 6) is 0. The Hall–Kier alpha value is -0.950. The van der Waals surface area contributed by atoms with Crippen LogP contribution in [0.25, 0.3) is 0 Å². The predicted molar refractivity (Wildman–Crippen MR) is 74.4 cm³/mol. The van der Waals surface area contributed by atoms with E-state index in [1.807, 2.05) is 36.4 Å². The third-order valence-electron chi connectivity index (χ3n) is 2.12. The molecule has 84 valence electrons. The van der Waals surface area contributed by atoms with Crippen molar-refractivity contribution < 1.29 is 0 Å². The Morgan fingerprint density at radius 2 is 1.88 bits per heavy atom. The van der Waals surface area contributed by atoms with Crippen LogP contribution in [0.3, 0.4) is 0 Å². The number of rotatable bonds is 2. The van der Waals surface area contributed by atoms with E-state index >= 15 is 0 Å². The van der Waals surface area contributed by atoms with Crippen LogP contribution >= 0.6 is 39.3 Å². The number of hydrogen-bond acceptors (Lipinski definition) is 2. The zero-order chi connectivity index (χ0) is 12.3. The lowest BCUT2D eigenvalue weighted by Gasteiger charge is -2.05. The largest absolute Gasteiger partial charge is 0.192 e. The minimum atomic E-state index is 0.643. The maximum Gasteiger partial charge on any atom is 0.100 e. The van der Waals surface area contributed by atoms with Crippen LogP contribution in [0, 0.1) is 11.3 Å². The summed E-state index contributed by atoms with van der Waals surface area (Å²) in [4.78, 5) is 1.86. The van der Waals surface area contributed by atoms with Crippen LogP contribution in [0.2, 0.25) is 5.02 Å². The highest BCUT2D eigenvalue weighted by Gasteiger charge is 2.07. The van der Waals surface area contributed by atoms with Crippen molar-refractivity contribution in [2.45, 2.75) is 9.79 Å². The first-order valence-corrected chi connectivity index (χ1v) is 6.81. The molecule has 0 fully saturated rings. The van der Waals surface area contributed by atoms with Gasteiger partial charge in [-0.15, -0.1) is 0 Å². The fourth-order valence-electron chi connectivity index (χ4n) is 1.32. The first-order valence-electron chi connectivity index (χ1n) is 4.83. The maximum absolute atomic E-state index is 9.07. The standard InChI is InChI=1S/C13H7BrClNS/c14-10-5-6-12(9(7-10)8-16)17-13-4-2-1-3-11(13)15/h1-7H. The molecule has 0 unspecified atom stereocenters. The van der Waals surface area contributed by atoms with Crippen molar-refractivity contribution in [2.24, 2.45) is 0 Å². The second-order valence-electron chi connectivity index (χ2n) is 3.28. The van der Waals surface area contributed by atoms with Crippen LogP contribution in [0.5, 0.6) is 0 Å². The van der Waals surface area contributed by atoms with Gasteiger partial charge in [0.1, 0.15) is 6.07 Å². The molecule has 0 aliphatic rings. The number of nitrogens with zero attached hydrogens (tertiary/aromatic N) is 1. The predicted octanol–water partition coefficient (Wildman–Crippen LogP) is 5.13. The summed E-state index contributed by atoms with van der Waals surface area (Å²) in [7, 11) is 0. The van der Waals surface area contributed by atoms with Gasteiger partial charge in [0.15, 0.2) is 0 Å². The number of nitriles is 1. The molecule has 1 nitrogen and oxygen atoms in total. The van der Waals surface area contributed by atoms with E-state index in [0.717, 1.165) is 14.3 Å². The van der Waals surface area contributed by atoms with E-state index in [1.54, 1.807) is 6.07 Å². The van der Waals surface area contributed by atoms with Gasteiger partial charge in [0.2, 0.25) is 0 Å². The van der Waals surface area contributed by atoms with Gasteiger partial charge in [0.25, 0.3) is 0 Å². The average molecular weight is 325 g/mol. The zero-order valence-electron chi connectivity index (χ0n) is 8.65. The lowest BCUT2D eigenvalue weighted by Crippen LogP contribution is -1.82. The maximum atomic E-state index is 9.07. The average Bonchev–Trinajstić information content (AvgIpc) is 2.34. The van der Waals surface area contributed by atoms with Crippen molar-refractivity contribution in [3.63, 3.8) is 0 Å². The van der Waals surface area contributed by atoms with Crippen molar-refractivity contribution in [2.75, 3.05) is 0 Å². The molecular formula is C13H7BrClNS. The van der Waals surface area contributed by atoms with Crippen molar-refractivity contribution >= 4 is 39.3 Å². The van der Waals surface area contributed by atoms with Crippen LogP contribution < -0.4 is 0 Å². The molecule has 0 heterocycles. The van der Waals surface area contributed by atoms with Crippen molar-refractivity contribution in [3.8, 4) is 6.07 Å². The van der Waals surface area contributed by atoms with Crippen molar-refractivity contribution in [1.29, 1.82) is 5.26 Å². The molecule has 0 aliphatic heterocycles. The number of halogens is 2. The van der Waals surface area contributed by atoms with Gasteiger partial charge in [-0.25, -0.2) is 0 Å². The Morgan fingerprint density at radius 1 is 1.12 bits per heavy atom. The summed E-state index contributed by atoms with van der Waals surface area (Å²) < 4.78 is 0.901. The molecule has 0 atom stereocenters. The summed E-state index contributed by atoms with van der Waals surface area (Å²) >= 11 is 10.9. The lowest BCUT2D eigenvalue weighted by molar-refractivity contribution is 1.34. The molecule has 0 N–H and O–H groups in total. The van der Waals surface area contributed by atoms with Crippen LogP contribution in [0.15, 0.2) is 56.7 Å². The van der Waals surface area contributed by atoms with Gasteiger partial charge < -0.3 is 0 Å². The zero-order valence-corrected chi connectivity index (χ0v) is 11.8. The fraction of sp³-hybridized carbons (Fsp3) is 0. The van der Waals surface area contributed by atoms with E-state index in [9.17, 15) is 0 Å². The summed E-state index contributed by atoms with van der Waals surface area (Å²) in [5.41, 5.74) is 0.643. The van der Waals surface area contributed by atoms with Gasteiger partial charge in [0.05, 0.1) is 10.6 Å². The Morgan fingerprint density at radius 3 is 2.59 bits per heavy atom. The molecular weight excluding hydrogens is 318 g/mol. The quantitative estimate of drug-likeness (QED) is 0.765. The lowest BCUT2D eigenvalue weighted by atomic mass is 10.2. The molecule has 0 radical (unpaired) electrons. The van der Waals surface area contributed by atoms with Gasteiger partial charge in [0, 0.05) is 14.3 Å². The molecule has 4 heteroatoms. The minimum absolute atomic E-state index is 0.643. The van der Waals surface area contributed by atoms with Crippen LogP contribution in [-0.4, -0.2) is 0 Å². The molecule has 2 rings (SSSR count). The minimum Gasteiger partial charge on any atom is -0.192 e. The summed E-state index contributed by atoms with van der Waals surface area (Å²) in [6.45, 7) is 0. The van der Waals surface area contributed by atoms with Gasteiger partial charge in [-0.1, -0.05) is 51.4 Å². The van der Waals surface area contributed by atoms with Crippen molar-refractivity contribution in [1.82, 2.24) is 0 Å². The SMILES string of the molecule is N#Cc1cc(Br)ccc1Sc1ccccc1Cl. The number of benzene rings is 2. The Balaban J connectivity index is 2.37. The second kappa shape index (κ2) is 5.59. The molecule has 2 aromatic carbocycles. The summed E-state index contributed by atoms with van der Waals surface area (Å²) in [5, 5.41) is 9.77. The second-order valence-corrected chi connectivity index (χ2v) is 5.69. The first kappa shape index (κ1) is 12.5. The molecule has 0 aliphatic carbocycles. The third kappa shape index (κ3) is 3.04. The fourth-order valence-corrected chi connectivity index (χ4v) is 2.84. The molecule has 0 spiro atoms. The van der Waals surface area contributed by atoms with E-state index in [1.165, 1.54) is 11.8 Å². The van der Waals surface area contributed by atoms with E-state index < -0.39 is 0 Å². The highest BCUT2D eigenvalue weighted by Crippen LogP contribution is 2.35. The van der Waals surface area contributed by atoms with Gasteiger partial charge in [-0.2, -0.15) is 5.26 Å². The Labute approximate surface area is 118 Å². The smallest absolute Gasteiger partial charge is 0.100 e. The van der Waals surface area contributed by atoms with E-state index in [4.69, 9.17) is 16.9 Å². The first-order chi connectivity index (χ1) is 8.20. The van der Waals surface area contributed by atoms with Crippen LogP contribution in [0.1, 0.15) is 5.56 Å². The molecule has 0 aromatic heterocycles. The Bertz CT molecular complexity index is 592. The molecule has 17 heavy (non-hydrogen) atoms. The van der Waals surface area contributed by atoms with Crippen LogP contribution in [-0.2, 0) is 0 Å². The van der Waals surface area contributed by atoms with E-state index in [2.05, 4.69) is 22.0 Å². The highest BCUT2D eigenvalue weighted by molar-refractivity contribution is 9.10. The van der Waals surface area contributed by atoms with E-state index in [0.29, 0.717) is 10.6 Å². The molecule has 0 amide bonds. The highest BCUT2D eigenvalue weighted by atomic mass is 79.9. The van der Waals surface area contributed by atoms with E-state index in [-0.39, 0.29) is 0 Å². The molecule has 2 aromatic rings. The molecule has 0 saturated carbocycles. The summed E-state index contributed by atoms with van der Waals surface area (Å²) in [6.07, 6.45) is 0. The molecule has 0 saturated heterocycles. The van der Waals surface area contributed by atoms with Gasteiger partial charge in [-0.3, -0.25) is 0 Å².